The van der Waals surface area contributed by atoms with Crippen LogP contribution in [0.1, 0.15) is 37.8 Å². The van der Waals surface area contributed by atoms with E-state index in [1.807, 2.05) is 6.07 Å². The molecule has 0 aliphatic rings. The smallest absolute Gasteiger partial charge is 0.276 e. The molecule has 0 radical (unpaired) electrons. The molecule has 2 N–H and O–H groups in total. The molecule has 1 aromatic heterocycles. The fourth-order valence-corrected chi connectivity index (χ4v) is 3.02. The van der Waals surface area contributed by atoms with Crippen molar-refractivity contribution in [1.29, 1.82) is 0 Å². The van der Waals surface area contributed by atoms with E-state index in [9.17, 15) is 0 Å². The number of hydrogen-bond acceptors (Lipinski definition) is 5. The number of halogens is 3. The van der Waals surface area contributed by atoms with E-state index in [1.165, 1.54) is 11.8 Å². The Morgan fingerprint density at radius 3 is 2.68 bits per heavy atom. The molecular weight excluding hydrogens is 365 g/mol. The molecule has 4 nitrogen and oxygen atoms in total. The van der Waals surface area contributed by atoms with Crippen molar-refractivity contribution in [2.45, 2.75) is 37.3 Å². The molecule has 22 heavy (non-hydrogen) atoms. The van der Waals surface area contributed by atoms with Gasteiger partial charge in [-0.3, -0.25) is 0 Å². The van der Waals surface area contributed by atoms with E-state index in [2.05, 4.69) is 24.0 Å². The van der Waals surface area contributed by atoms with Crippen LogP contribution in [0.4, 0.5) is 0 Å². The fraction of sp³-hybridized carbons (Fsp3) is 0.429. The van der Waals surface area contributed by atoms with Crippen LogP contribution in [0.15, 0.2) is 27.8 Å². The molecule has 0 aliphatic carbocycles. The van der Waals surface area contributed by atoms with E-state index in [-0.39, 0.29) is 18.4 Å². The number of thioether (sulfide) groups is 1. The number of benzene rings is 1. The van der Waals surface area contributed by atoms with Gasteiger partial charge in [0, 0.05) is 15.8 Å². The maximum Gasteiger partial charge on any atom is 0.276 e. The first-order valence-electron chi connectivity index (χ1n) is 6.67. The normalized spacial score (nSPS) is 13.5. The van der Waals surface area contributed by atoms with Gasteiger partial charge < -0.3 is 10.2 Å². The maximum absolute atomic E-state index is 6.13. The number of nitrogens with two attached hydrogens (primary N) is 1. The summed E-state index contributed by atoms with van der Waals surface area (Å²) >= 11 is 13.4. The van der Waals surface area contributed by atoms with E-state index in [4.69, 9.17) is 33.4 Å². The summed E-state index contributed by atoms with van der Waals surface area (Å²) < 4.78 is 5.60. The third kappa shape index (κ3) is 5.03. The summed E-state index contributed by atoms with van der Waals surface area (Å²) in [5, 5.41) is 9.78. The van der Waals surface area contributed by atoms with Crippen LogP contribution in [0.25, 0.3) is 0 Å². The molecule has 2 atom stereocenters. The summed E-state index contributed by atoms with van der Waals surface area (Å²) in [5.41, 5.74) is 7.04. The van der Waals surface area contributed by atoms with Crippen LogP contribution in [0.5, 0.6) is 0 Å². The minimum atomic E-state index is -0.226. The quantitative estimate of drug-likeness (QED) is 0.701. The van der Waals surface area contributed by atoms with Crippen molar-refractivity contribution in [3.05, 3.63) is 39.7 Å². The largest absolute Gasteiger partial charge is 0.414 e. The van der Waals surface area contributed by atoms with E-state index >= 15 is 0 Å². The molecule has 0 saturated carbocycles. The van der Waals surface area contributed by atoms with Crippen LogP contribution in [-0.4, -0.2) is 10.2 Å². The van der Waals surface area contributed by atoms with Crippen molar-refractivity contribution < 1.29 is 4.42 Å². The minimum absolute atomic E-state index is 0. The van der Waals surface area contributed by atoms with Gasteiger partial charge in [0.2, 0.25) is 5.89 Å². The average Bonchev–Trinajstić information content (AvgIpc) is 2.93. The summed E-state index contributed by atoms with van der Waals surface area (Å²) in [6.45, 7) is 4.15. The minimum Gasteiger partial charge on any atom is -0.414 e. The lowest BCUT2D eigenvalue weighted by atomic mass is 10.0. The standard InChI is InChI=1S/C14H17Cl2N3OS.ClH/c1-3-8(2)12(17)13-18-19-14(20-13)21-7-9-4-5-10(15)6-11(9)16;/h4-6,8,12H,3,7,17H2,1-2H3;1H/t8?,12-;/m0./s1. The molecule has 0 saturated heterocycles. The van der Waals surface area contributed by atoms with Crippen LogP contribution in [0, 0.1) is 5.92 Å². The van der Waals surface area contributed by atoms with Gasteiger partial charge in [0.05, 0.1) is 6.04 Å². The summed E-state index contributed by atoms with van der Waals surface area (Å²) in [4.78, 5) is 0. The molecule has 1 heterocycles. The van der Waals surface area contributed by atoms with E-state index < -0.39 is 0 Å². The Morgan fingerprint density at radius 2 is 2.05 bits per heavy atom. The number of nitrogens with zero attached hydrogens (tertiary/aromatic N) is 2. The zero-order chi connectivity index (χ0) is 15.4. The molecule has 0 spiro atoms. The molecule has 0 amide bonds. The Balaban J connectivity index is 0.00000242. The van der Waals surface area contributed by atoms with Crippen molar-refractivity contribution in [2.24, 2.45) is 11.7 Å². The third-order valence-electron chi connectivity index (χ3n) is 3.33. The summed E-state index contributed by atoms with van der Waals surface area (Å²) in [7, 11) is 0. The lowest BCUT2D eigenvalue weighted by Gasteiger charge is -2.13. The molecule has 1 aromatic carbocycles. The highest BCUT2D eigenvalue weighted by Crippen LogP contribution is 2.29. The number of rotatable bonds is 6. The van der Waals surface area contributed by atoms with Gasteiger partial charge in [-0.05, 0) is 23.6 Å². The predicted molar refractivity (Wildman–Crippen MR) is 94.0 cm³/mol. The second kappa shape index (κ2) is 8.99. The van der Waals surface area contributed by atoms with Gasteiger partial charge in [-0.1, -0.05) is 61.3 Å². The van der Waals surface area contributed by atoms with Gasteiger partial charge in [0.25, 0.3) is 5.22 Å². The Kier molecular flexibility index (Phi) is 8.00. The highest BCUT2D eigenvalue weighted by Gasteiger charge is 2.20. The summed E-state index contributed by atoms with van der Waals surface area (Å²) in [5.74, 6) is 1.42. The van der Waals surface area contributed by atoms with E-state index in [0.29, 0.717) is 32.8 Å². The van der Waals surface area contributed by atoms with Crippen LogP contribution >= 0.6 is 47.4 Å². The second-order valence-electron chi connectivity index (χ2n) is 4.84. The number of hydrogen-bond donors (Lipinski definition) is 1. The zero-order valence-electron chi connectivity index (χ0n) is 12.3. The highest BCUT2D eigenvalue weighted by atomic mass is 35.5. The monoisotopic (exact) mass is 381 g/mol. The van der Waals surface area contributed by atoms with E-state index in [0.717, 1.165) is 12.0 Å². The van der Waals surface area contributed by atoms with Gasteiger partial charge in [-0.2, -0.15) is 0 Å². The van der Waals surface area contributed by atoms with Gasteiger partial charge in [0.15, 0.2) is 0 Å². The Labute approximate surface area is 150 Å². The topological polar surface area (TPSA) is 64.9 Å². The molecule has 0 bridgehead atoms. The van der Waals surface area contributed by atoms with Crippen molar-refractivity contribution in [3.8, 4) is 0 Å². The van der Waals surface area contributed by atoms with Crippen molar-refractivity contribution in [2.75, 3.05) is 0 Å². The highest BCUT2D eigenvalue weighted by molar-refractivity contribution is 7.98. The van der Waals surface area contributed by atoms with Crippen LogP contribution in [-0.2, 0) is 5.75 Å². The lowest BCUT2D eigenvalue weighted by molar-refractivity contribution is 0.333. The first kappa shape index (κ1) is 19.6. The zero-order valence-corrected chi connectivity index (χ0v) is 15.4. The Hall–Kier alpha value is -0.460. The van der Waals surface area contributed by atoms with Crippen molar-refractivity contribution in [3.63, 3.8) is 0 Å². The number of aromatic nitrogens is 2. The van der Waals surface area contributed by atoms with Crippen molar-refractivity contribution >= 4 is 47.4 Å². The van der Waals surface area contributed by atoms with Gasteiger partial charge in [-0.15, -0.1) is 22.6 Å². The van der Waals surface area contributed by atoms with Crippen LogP contribution in [0.2, 0.25) is 10.0 Å². The van der Waals surface area contributed by atoms with Gasteiger partial charge in [-0.25, -0.2) is 0 Å². The third-order valence-corrected chi connectivity index (χ3v) is 4.78. The second-order valence-corrected chi connectivity index (χ2v) is 6.61. The lowest BCUT2D eigenvalue weighted by Crippen LogP contribution is -2.18. The van der Waals surface area contributed by atoms with Crippen LogP contribution < -0.4 is 5.73 Å². The summed E-state index contributed by atoms with van der Waals surface area (Å²) in [6.07, 6.45) is 0.965. The average molecular weight is 383 g/mol. The summed E-state index contributed by atoms with van der Waals surface area (Å²) in [6, 6.07) is 5.19. The molecule has 2 rings (SSSR count). The molecule has 0 fully saturated rings. The molecule has 1 unspecified atom stereocenters. The molecular formula is C14H18Cl3N3OS. The molecule has 2 aromatic rings. The molecule has 122 valence electrons. The van der Waals surface area contributed by atoms with Gasteiger partial charge in [0.1, 0.15) is 0 Å². The molecule has 8 heteroatoms. The first-order chi connectivity index (χ1) is 10.0. The first-order valence-corrected chi connectivity index (χ1v) is 8.41. The van der Waals surface area contributed by atoms with Crippen molar-refractivity contribution in [1.82, 2.24) is 10.2 Å². The van der Waals surface area contributed by atoms with E-state index in [1.54, 1.807) is 12.1 Å². The van der Waals surface area contributed by atoms with Crippen LogP contribution in [0.3, 0.4) is 0 Å². The maximum atomic E-state index is 6.13. The molecule has 0 aliphatic heterocycles. The predicted octanol–water partition coefficient (Wildman–Crippen LogP) is 5.14. The SMILES string of the molecule is CCC(C)[C@H](N)c1nnc(SCc2ccc(Cl)cc2Cl)o1.Cl. The Bertz CT molecular complexity index is 609. The van der Waals surface area contributed by atoms with Gasteiger partial charge >= 0.3 is 0 Å². The Morgan fingerprint density at radius 1 is 1.32 bits per heavy atom. The fourth-order valence-electron chi connectivity index (χ4n) is 1.69.